The van der Waals surface area contributed by atoms with Gasteiger partial charge in [-0.15, -0.1) is 0 Å². The van der Waals surface area contributed by atoms with Crippen molar-refractivity contribution in [1.82, 2.24) is 14.9 Å². The molecule has 44 heavy (non-hydrogen) atoms. The van der Waals surface area contributed by atoms with Gasteiger partial charge in [0.1, 0.15) is 19.0 Å². The number of pyridine rings is 2. The Morgan fingerprint density at radius 2 is 2.00 bits per heavy atom. The topological polar surface area (TPSA) is 146 Å². The minimum absolute atomic E-state index is 0.0212. The van der Waals surface area contributed by atoms with Crippen molar-refractivity contribution in [1.29, 1.82) is 0 Å². The van der Waals surface area contributed by atoms with Crippen molar-refractivity contribution in [3.8, 4) is 11.4 Å². The molecule has 0 spiro atoms. The van der Waals surface area contributed by atoms with Crippen LogP contribution in [0.15, 0.2) is 41.2 Å². The average Bonchev–Trinajstić information content (AvgIpc) is 3.38. The van der Waals surface area contributed by atoms with Gasteiger partial charge >= 0.3 is 5.97 Å². The number of nitrogen functional groups attached to an aromatic ring is 1. The highest BCUT2D eigenvalue weighted by Gasteiger charge is 2.46. The van der Waals surface area contributed by atoms with E-state index in [0.717, 1.165) is 27.6 Å². The van der Waals surface area contributed by atoms with Gasteiger partial charge in [0.05, 0.1) is 41.7 Å². The second kappa shape index (κ2) is 10.2. The van der Waals surface area contributed by atoms with Crippen LogP contribution in [0.25, 0.3) is 22.3 Å². The number of aromatic nitrogens is 2. The summed E-state index contributed by atoms with van der Waals surface area (Å²) in [5.74, 6) is -1.49. The number of carbonyl (C=O) groups is 2. The first-order valence-electron chi connectivity index (χ1n) is 14.6. The summed E-state index contributed by atoms with van der Waals surface area (Å²) >= 11 is 0. The minimum atomic E-state index is -1.96. The van der Waals surface area contributed by atoms with Crippen molar-refractivity contribution in [3.05, 3.63) is 91.5 Å². The van der Waals surface area contributed by atoms with Crippen LogP contribution in [0.1, 0.15) is 64.8 Å². The lowest BCUT2D eigenvalue weighted by Crippen LogP contribution is -2.44. The number of ether oxygens (including phenoxy) is 2. The van der Waals surface area contributed by atoms with E-state index in [1.54, 1.807) is 36.6 Å². The summed E-state index contributed by atoms with van der Waals surface area (Å²) in [6, 6.07) is 9.80. The number of hydrogen-bond donors (Lipinski definition) is 3. The number of nitrogens with one attached hydrogen (secondary N) is 1. The number of aryl methyl sites for hydroxylation is 1. The van der Waals surface area contributed by atoms with E-state index < -0.39 is 17.6 Å². The summed E-state index contributed by atoms with van der Waals surface area (Å²) in [6.45, 7) is 3.39. The molecule has 2 aromatic carbocycles. The lowest BCUT2D eigenvalue weighted by molar-refractivity contribution is -0.172. The molecule has 4 aromatic rings. The maximum Gasteiger partial charge on any atom is 0.343 e. The number of cyclic esters (lactones) is 1. The smallest absolute Gasteiger partial charge is 0.343 e. The van der Waals surface area contributed by atoms with Gasteiger partial charge in [-0.2, -0.15) is 0 Å². The number of esters is 1. The highest BCUT2D eigenvalue weighted by molar-refractivity contribution is 5.94. The predicted molar refractivity (Wildman–Crippen MR) is 159 cm³/mol. The molecule has 0 bridgehead atoms. The second-order valence-corrected chi connectivity index (χ2v) is 11.7. The monoisotopic (exact) mass is 598 g/mol. The van der Waals surface area contributed by atoms with Crippen molar-refractivity contribution in [3.63, 3.8) is 0 Å². The molecule has 0 unspecified atom stereocenters. The third-order valence-electron chi connectivity index (χ3n) is 9.19. The van der Waals surface area contributed by atoms with E-state index in [0.29, 0.717) is 41.0 Å². The number of benzene rings is 2. The Balaban J connectivity index is 1.30. The van der Waals surface area contributed by atoms with Crippen LogP contribution in [0.5, 0.6) is 0 Å². The van der Waals surface area contributed by atoms with E-state index in [1.165, 1.54) is 6.07 Å². The Bertz CT molecular complexity index is 1950. The summed E-state index contributed by atoms with van der Waals surface area (Å²) in [6.07, 6.45) is 1.08. The van der Waals surface area contributed by atoms with Gasteiger partial charge in [0.15, 0.2) is 5.60 Å². The fourth-order valence-electron chi connectivity index (χ4n) is 6.81. The number of nitrogens with zero attached hydrogens (tertiary/aromatic N) is 2. The molecule has 0 saturated carbocycles. The number of halogens is 1. The van der Waals surface area contributed by atoms with Crippen LogP contribution in [0.3, 0.4) is 0 Å². The highest BCUT2D eigenvalue weighted by atomic mass is 19.1. The zero-order valence-corrected chi connectivity index (χ0v) is 24.3. The van der Waals surface area contributed by atoms with E-state index in [-0.39, 0.29) is 61.2 Å². The fourth-order valence-corrected chi connectivity index (χ4v) is 6.81. The van der Waals surface area contributed by atoms with Crippen LogP contribution < -0.4 is 16.6 Å². The normalized spacial score (nSPS) is 19.7. The third kappa shape index (κ3) is 4.21. The van der Waals surface area contributed by atoms with E-state index >= 15 is 4.39 Å². The fraction of sp³-hybridized carbons (Fsp3) is 0.333. The van der Waals surface area contributed by atoms with Crippen molar-refractivity contribution in [2.45, 2.75) is 64.5 Å². The maximum absolute atomic E-state index is 15.1. The molecule has 3 aliphatic rings. The zero-order chi connectivity index (χ0) is 30.9. The zero-order valence-electron chi connectivity index (χ0n) is 24.3. The van der Waals surface area contributed by atoms with Crippen molar-refractivity contribution in [2.24, 2.45) is 0 Å². The number of fused-ring (bicyclic) bond motifs is 5. The molecular formula is C33H31FN4O6. The molecule has 1 aliphatic carbocycles. The lowest BCUT2D eigenvalue weighted by Gasteiger charge is -2.31. The molecule has 2 atom stereocenters. The molecule has 226 valence electrons. The molecule has 0 saturated heterocycles. The summed E-state index contributed by atoms with van der Waals surface area (Å²) in [5, 5.41) is 15.1. The Kier molecular flexibility index (Phi) is 6.56. The molecule has 0 fully saturated rings. The standard InChI is InChI=1S/C33H31FN4O6/c1-3-33(42)22-10-26-30-20(12-38(26)31(40)21(22)14-44-32(33)41)29-24(9-8-19-16(2)23(34)11-25(37-30)28(19)29)36-27(39)15-43-13-17-4-6-18(35)7-5-17/h4-7,10-11,24,42H,3,8-9,12-15,35H2,1-2H3,(H,36,39)/t24-,33-/m0/s1. The SMILES string of the molecule is CC[C@@]1(O)C(=O)OCc2c1cc1n(c2=O)Cc2c-1nc1cc(F)c(C)c3c1c2[C@@H](NC(=O)COCc1ccc(N)cc1)CC3. The van der Waals surface area contributed by atoms with Crippen LogP contribution >= 0.6 is 0 Å². The average molecular weight is 599 g/mol. The number of carbonyl (C=O) groups excluding carboxylic acids is 2. The van der Waals surface area contributed by atoms with Gasteiger partial charge in [-0.3, -0.25) is 9.59 Å². The molecule has 4 N–H and O–H groups in total. The largest absolute Gasteiger partial charge is 0.458 e. The van der Waals surface area contributed by atoms with Crippen molar-refractivity contribution >= 4 is 28.5 Å². The van der Waals surface area contributed by atoms with Crippen molar-refractivity contribution in [2.75, 3.05) is 12.3 Å². The van der Waals surface area contributed by atoms with Gasteiger partial charge in [0, 0.05) is 28.3 Å². The number of hydrogen-bond acceptors (Lipinski definition) is 8. The number of rotatable bonds is 6. The molecule has 10 nitrogen and oxygen atoms in total. The Morgan fingerprint density at radius 1 is 1.23 bits per heavy atom. The van der Waals surface area contributed by atoms with E-state index in [4.69, 9.17) is 20.2 Å². The predicted octanol–water partition coefficient (Wildman–Crippen LogP) is 3.43. The lowest BCUT2D eigenvalue weighted by atomic mass is 9.81. The van der Waals surface area contributed by atoms with Gasteiger partial charge in [-0.1, -0.05) is 19.1 Å². The van der Waals surface area contributed by atoms with E-state index in [9.17, 15) is 19.5 Å². The molecule has 0 radical (unpaired) electrons. The molecule has 4 heterocycles. The molecule has 7 rings (SSSR count). The molecule has 2 aliphatic heterocycles. The molecule has 2 aromatic heterocycles. The molecule has 1 amide bonds. The summed E-state index contributed by atoms with van der Waals surface area (Å²) in [4.78, 5) is 44.3. The first-order chi connectivity index (χ1) is 21.1. The van der Waals surface area contributed by atoms with Gasteiger partial charge in [-0.25, -0.2) is 14.2 Å². The highest BCUT2D eigenvalue weighted by Crippen LogP contribution is 2.45. The van der Waals surface area contributed by atoms with Crippen LogP contribution in [-0.4, -0.2) is 33.1 Å². The third-order valence-corrected chi connectivity index (χ3v) is 9.19. The maximum atomic E-state index is 15.1. The first-order valence-corrected chi connectivity index (χ1v) is 14.6. The summed E-state index contributed by atoms with van der Waals surface area (Å²) < 4.78 is 27.5. The summed E-state index contributed by atoms with van der Waals surface area (Å²) in [5.41, 5.74) is 9.53. The Hall–Kier alpha value is -4.61. The van der Waals surface area contributed by atoms with Crippen LogP contribution in [0, 0.1) is 12.7 Å². The summed E-state index contributed by atoms with van der Waals surface area (Å²) in [7, 11) is 0. The van der Waals surface area contributed by atoms with Crippen LogP contribution in [0.4, 0.5) is 10.1 Å². The first kappa shape index (κ1) is 28.2. The van der Waals surface area contributed by atoms with Crippen LogP contribution in [-0.2, 0) is 50.8 Å². The quantitative estimate of drug-likeness (QED) is 0.199. The molecular weight excluding hydrogens is 567 g/mol. The molecule has 11 heteroatoms. The number of anilines is 1. The van der Waals surface area contributed by atoms with Gasteiger partial charge in [0.2, 0.25) is 5.91 Å². The van der Waals surface area contributed by atoms with Crippen LogP contribution in [0.2, 0.25) is 0 Å². The number of amides is 1. The van der Waals surface area contributed by atoms with Gasteiger partial charge in [0.25, 0.3) is 5.56 Å². The number of aliphatic hydroxyl groups is 1. The van der Waals surface area contributed by atoms with E-state index in [1.807, 2.05) is 12.1 Å². The van der Waals surface area contributed by atoms with Crippen molar-refractivity contribution < 1.29 is 28.6 Å². The Morgan fingerprint density at radius 3 is 2.75 bits per heavy atom. The van der Waals surface area contributed by atoms with Gasteiger partial charge in [-0.05, 0) is 66.6 Å². The minimum Gasteiger partial charge on any atom is -0.458 e. The number of nitrogens with two attached hydrogens (primary N) is 1. The second-order valence-electron chi connectivity index (χ2n) is 11.7. The van der Waals surface area contributed by atoms with E-state index in [2.05, 4.69) is 5.32 Å². The Labute approximate surface area is 251 Å². The van der Waals surface area contributed by atoms with Gasteiger partial charge < -0.3 is 30.2 Å².